The lowest BCUT2D eigenvalue weighted by molar-refractivity contribution is -0.131. The molecular formula is C12H19N3O. The number of hydrogen-bond donors (Lipinski definition) is 1. The summed E-state index contributed by atoms with van der Waals surface area (Å²) in [5.74, 6) is 0.555. The highest BCUT2D eigenvalue weighted by molar-refractivity contribution is 5.82. The number of nitriles is 1. The average molecular weight is 221 g/mol. The van der Waals surface area contributed by atoms with Gasteiger partial charge in [0.05, 0.1) is 12.0 Å². The number of carbonyl (C=O) groups excluding carboxylic acids is 1. The first-order valence-corrected chi connectivity index (χ1v) is 6.22. The Labute approximate surface area is 96.6 Å². The van der Waals surface area contributed by atoms with Crippen LogP contribution in [-0.2, 0) is 4.79 Å². The van der Waals surface area contributed by atoms with Crippen molar-refractivity contribution in [2.75, 3.05) is 19.6 Å². The minimum Gasteiger partial charge on any atom is -0.341 e. The molecule has 1 N–H and O–H groups in total. The van der Waals surface area contributed by atoms with Crippen LogP contribution in [0.3, 0.4) is 0 Å². The molecule has 0 saturated carbocycles. The molecule has 2 aliphatic heterocycles. The van der Waals surface area contributed by atoms with Gasteiger partial charge in [0.1, 0.15) is 0 Å². The molecule has 88 valence electrons. The van der Waals surface area contributed by atoms with Crippen molar-refractivity contribution < 1.29 is 4.79 Å². The number of unbranched alkanes of at least 4 members (excludes halogenated alkanes) is 2. The SMILES string of the molecule is N#CCCCCN1CC2NCCCC2C1=O. The van der Waals surface area contributed by atoms with Crippen LogP contribution < -0.4 is 5.32 Å². The topological polar surface area (TPSA) is 56.1 Å². The maximum Gasteiger partial charge on any atom is 0.227 e. The van der Waals surface area contributed by atoms with Crippen LogP contribution in [0.5, 0.6) is 0 Å². The first-order chi connectivity index (χ1) is 7.83. The summed E-state index contributed by atoms with van der Waals surface area (Å²) in [5, 5.41) is 11.9. The molecule has 0 aromatic rings. The van der Waals surface area contributed by atoms with E-state index in [1.807, 2.05) is 4.90 Å². The van der Waals surface area contributed by atoms with Gasteiger partial charge in [0, 0.05) is 25.6 Å². The van der Waals surface area contributed by atoms with E-state index >= 15 is 0 Å². The fourth-order valence-corrected chi connectivity index (χ4v) is 2.71. The molecule has 2 rings (SSSR count). The zero-order chi connectivity index (χ0) is 11.4. The van der Waals surface area contributed by atoms with Crippen molar-refractivity contribution in [1.82, 2.24) is 10.2 Å². The summed E-state index contributed by atoms with van der Waals surface area (Å²) >= 11 is 0. The number of nitrogens with zero attached hydrogens (tertiary/aromatic N) is 2. The second kappa shape index (κ2) is 5.31. The molecule has 0 aromatic carbocycles. The van der Waals surface area contributed by atoms with Crippen molar-refractivity contribution in [3.05, 3.63) is 0 Å². The molecule has 2 saturated heterocycles. The highest BCUT2D eigenvalue weighted by Crippen LogP contribution is 2.26. The van der Waals surface area contributed by atoms with E-state index in [1.54, 1.807) is 0 Å². The Morgan fingerprint density at radius 2 is 2.38 bits per heavy atom. The van der Waals surface area contributed by atoms with Gasteiger partial charge in [-0.15, -0.1) is 0 Å². The van der Waals surface area contributed by atoms with Gasteiger partial charge in [-0.05, 0) is 32.2 Å². The quantitative estimate of drug-likeness (QED) is 0.717. The van der Waals surface area contributed by atoms with Crippen LogP contribution in [0.25, 0.3) is 0 Å². The van der Waals surface area contributed by atoms with Crippen LogP contribution >= 0.6 is 0 Å². The summed E-state index contributed by atoms with van der Waals surface area (Å²) in [6.45, 7) is 2.75. The third kappa shape index (κ3) is 2.35. The van der Waals surface area contributed by atoms with E-state index in [0.29, 0.717) is 18.4 Å². The molecule has 2 atom stereocenters. The zero-order valence-corrected chi connectivity index (χ0v) is 9.61. The lowest BCUT2D eigenvalue weighted by Crippen LogP contribution is -2.41. The van der Waals surface area contributed by atoms with E-state index in [0.717, 1.165) is 45.3 Å². The van der Waals surface area contributed by atoms with Gasteiger partial charge < -0.3 is 10.2 Å². The van der Waals surface area contributed by atoms with Crippen LogP contribution in [-0.4, -0.2) is 36.5 Å². The lowest BCUT2D eigenvalue weighted by atomic mass is 9.94. The van der Waals surface area contributed by atoms with Crippen LogP contribution in [0, 0.1) is 17.2 Å². The minimum atomic E-state index is 0.227. The zero-order valence-electron chi connectivity index (χ0n) is 9.61. The number of piperidine rings is 1. The Bertz CT molecular complexity index is 297. The molecule has 4 nitrogen and oxygen atoms in total. The van der Waals surface area contributed by atoms with Crippen molar-refractivity contribution in [2.24, 2.45) is 5.92 Å². The number of hydrogen-bond acceptors (Lipinski definition) is 3. The van der Waals surface area contributed by atoms with Crippen molar-refractivity contribution in [3.8, 4) is 6.07 Å². The number of rotatable bonds is 4. The summed E-state index contributed by atoms with van der Waals surface area (Å²) in [7, 11) is 0. The average Bonchev–Trinajstić information content (AvgIpc) is 2.63. The summed E-state index contributed by atoms with van der Waals surface area (Å²) < 4.78 is 0. The van der Waals surface area contributed by atoms with Gasteiger partial charge in [-0.25, -0.2) is 0 Å². The predicted octanol–water partition coefficient (Wildman–Crippen LogP) is 0.891. The highest BCUT2D eigenvalue weighted by atomic mass is 16.2. The summed E-state index contributed by atoms with van der Waals surface area (Å²) in [5.41, 5.74) is 0. The lowest BCUT2D eigenvalue weighted by Gasteiger charge is -2.23. The normalized spacial score (nSPS) is 28.9. The van der Waals surface area contributed by atoms with Gasteiger partial charge in [-0.2, -0.15) is 5.26 Å². The fourth-order valence-electron chi connectivity index (χ4n) is 2.71. The van der Waals surface area contributed by atoms with E-state index in [2.05, 4.69) is 11.4 Å². The summed E-state index contributed by atoms with van der Waals surface area (Å²) in [6, 6.07) is 2.52. The number of amides is 1. The van der Waals surface area contributed by atoms with Gasteiger partial charge in [-0.1, -0.05) is 0 Å². The third-order valence-corrected chi connectivity index (χ3v) is 3.60. The smallest absolute Gasteiger partial charge is 0.227 e. The van der Waals surface area contributed by atoms with Crippen molar-refractivity contribution in [3.63, 3.8) is 0 Å². The van der Waals surface area contributed by atoms with Crippen molar-refractivity contribution >= 4 is 5.91 Å². The Morgan fingerprint density at radius 3 is 3.12 bits per heavy atom. The molecule has 4 heteroatoms. The van der Waals surface area contributed by atoms with Crippen LogP contribution in [0.15, 0.2) is 0 Å². The monoisotopic (exact) mass is 221 g/mol. The molecule has 0 bridgehead atoms. The fraction of sp³-hybridized carbons (Fsp3) is 0.833. The molecule has 2 heterocycles. The second-order valence-corrected chi connectivity index (χ2v) is 4.71. The Balaban J connectivity index is 1.79. The molecular weight excluding hydrogens is 202 g/mol. The Morgan fingerprint density at radius 1 is 1.50 bits per heavy atom. The Hall–Kier alpha value is -1.08. The maximum absolute atomic E-state index is 12.0. The number of carbonyl (C=O) groups is 1. The largest absolute Gasteiger partial charge is 0.341 e. The van der Waals surface area contributed by atoms with Crippen molar-refractivity contribution in [2.45, 2.75) is 38.1 Å². The Kier molecular flexibility index (Phi) is 3.79. The molecule has 0 aliphatic carbocycles. The highest BCUT2D eigenvalue weighted by Gasteiger charge is 2.40. The first kappa shape index (κ1) is 11.4. The van der Waals surface area contributed by atoms with E-state index in [-0.39, 0.29) is 5.92 Å². The maximum atomic E-state index is 12.0. The molecule has 0 aromatic heterocycles. The molecule has 0 spiro atoms. The van der Waals surface area contributed by atoms with E-state index < -0.39 is 0 Å². The third-order valence-electron chi connectivity index (χ3n) is 3.60. The summed E-state index contributed by atoms with van der Waals surface area (Å²) in [6.07, 6.45) is 4.63. The van der Waals surface area contributed by atoms with E-state index in [4.69, 9.17) is 5.26 Å². The molecule has 0 radical (unpaired) electrons. The van der Waals surface area contributed by atoms with Gasteiger partial charge in [-0.3, -0.25) is 4.79 Å². The van der Waals surface area contributed by atoms with Gasteiger partial charge in [0.2, 0.25) is 5.91 Å². The second-order valence-electron chi connectivity index (χ2n) is 4.71. The molecule has 2 unspecified atom stereocenters. The number of fused-ring (bicyclic) bond motifs is 1. The van der Waals surface area contributed by atoms with E-state index in [1.165, 1.54) is 0 Å². The number of likely N-dealkylation sites (tertiary alicyclic amines) is 1. The first-order valence-electron chi connectivity index (χ1n) is 6.22. The minimum absolute atomic E-state index is 0.227. The van der Waals surface area contributed by atoms with E-state index in [9.17, 15) is 4.79 Å². The summed E-state index contributed by atoms with van der Waals surface area (Å²) in [4.78, 5) is 14.0. The van der Waals surface area contributed by atoms with Crippen LogP contribution in [0.1, 0.15) is 32.1 Å². The predicted molar refractivity (Wildman–Crippen MR) is 60.6 cm³/mol. The van der Waals surface area contributed by atoms with Gasteiger partial charge >= 0.3 is 0 Å². The molecule has 2 aliphatic rings. The van der Waals surface area contributed by atoms with Gasteiger partial charge in [0.15, 0.2) is 0 Å². The molecule has 16 heavy (non-hydrogen) atoms. The van der Waals surface area contributed by atoms with Crippen LogP contribution in [0.4, 0.5) is 0 Å². The van der Waals surface area contributed by atoms with Crippen LogP contribution in [0.2, 0.25) is 0 Å². The molecule has 2 fully saturated rings. The van der Waals surface area contributed by atoms with Gasteiger partial charge in [0.25, 0.3) is 0 Å². The van der Waals surface area contributed by atoms with Crippen molar-refractivity contribution in [1.29, 1.82) is 5.26 Å². The number of nitrogens with one attached hydrogen (secondary N) is 1. The molecule has 1 amide bonds. The standard InChI is InChI=1S/C12H19N3O/c13-6-2-1-3-8-15-9-11-10(12(15)16)5-4-7-14-11/h10-11,14H,1-5,7-9H2.